The number of hydrogen-bond acceptors (Lipinski definition) is 4. The van der Waals surface area contributed by atoms with Crippen LogP contribution in [0.5, 0.6) is 5.75 Å². The number of benzene rings is 3. The second kappa shape index (κ2) is 10.7. The van der Waals surface area contributed by atoms with Crippen LogP contribution in [0.15, 0.2) is 77.9 Å². The molecule has 0 saturated carbocycles. The fourth-order valence-electron chi connectivity index (χ4n) is 2.93. The Hall–Kier alpha value is -3.93. The molecule has 0 radical (unpaired) electrons. The van der Waals surface area contributed by atoms with Crippen molar-refractivity contribution < 1.29 is 14.3 Å². The third kappa shape index (κ3) is 6.27. The van der Waals surface area contributed by atoms with Gasteiger partial charge in [-0.25, -0.2) is 5.43 Å². The predicted octanol–water partition coefficient (Wildman–Crippen LogP) is 4.23. The molecule has 0 aliphatic heterocycles. The van der Waals surface area contributed by atoms with E-state index >= 15 is 0 Å². The van der Waals surface area contributed by atoms with Crippen molar-refractivity contribution in [3.8, 4) is 5.75 Å². The first kappa shape index (κ1) is 21.8. The van der Waals surface area contributed by atoms with Crippen molar-refractivity contribution >= 4 is 23.7 Å². The smallest absolute Gasteiger partial charge is 0.329 e. The Bertz CT molecular complexity index is 1080. The first-order valence-corrected chi connectivity index (χ1v) is 10.1. The van der Waals surface area contributed by atoms with E-state index in [-0.39, 0.29) is 0 Å². The summed E-state index contributed by atoms with van der Waals surface area (Å²) in [6.07, 6.45) is 2.22. The van der Waals surface area contributed by atoms with Crippen LogP contribution in [0.3, 0.4) is 0 Å². The number of nitrogens with one attached hydrogen (secondary N) is 2. The minimum absolute atomic E-state index is 0.492. The van der Waals surface area contributed by atoms with Gasteiger partial charge in [-0.15, -0.1) is 0 Å². The number of ether oxygens (including phenoxy) is 1. The Kier molecular flexibility index (Phi) is 7.54. The van der Waals surface area contributed by atoms with Gasteiger partial charge in [-0.3, -0.25) is 9.59 Å². The minimum atomic E-state index is -0.833. The number of aryl methyl sites for hydroxylation is 2. The van der Waals surface area contributed by atoms with Crippen LogP contribution < -0.4 is 15.5 Å². The third-order valence-electron chi connectivity index (χ3n) is 4.77. The molecule has 3 aromatic carbocycles. The summed E-state index contributed by atoms with van der Waals surface area (Å²) in [5.74, 6) is -0.864. The van der Waals surface area contributed by atoms with Crippen LogP contribution in [-0.4, -0.2) is 18.0 Å². The second-order valence-corrected chi connectivity index (χ2v) is 6.95. The van der Waals surface area contributed by atoms with Crippen molar-refractivity contribution in [2.75, 3.05) is 5.32 Å². The molecule has 0 heterocycles. The molecule has 6 nitrogen and oxygen atoms in total. The molecule has 31 heavy (non-hydrogen) atoms. The molecule has 0 spiro atoms. The van der Waals surface area contributed by atoms with E-state index in [0.29, 0.717) is 12.3 Å². The van der Waals surface area contributed by atoms with E-state index in [1.165, 1.54) is 11.8 Å². The Morgan fingerprint density at radius 1 is 0.903 bits per heavy atom. The molecule has 6 heteroatoms. The number of carbonyl (C=O) groups excluding carboxylic acids is 2. The maximum absolute atomic E-state index is 12.1. The lowest BCUT2D eigenvalue weighted by molar-refractivity contribution is -0.136. The van der Waals surface area contributed by atoms with Gasteiger partial charge >= 0.3 is 11.8 Å². The number of carbonyl (C=O) groups is 2. The van der Waals surface area contributed by atoms with Crippen LogP contribution in [-0.2, 0) is 22.6 Å². The molecule has 0 aromatic heterocycles. The van der Waals surface area contributed by atoms with Crippen molar-refractivity contribution in [2.45, 2.75) is 26.9 Å². The van der Waals surface area contributed by atoms with Crippen molar-refractivity contribution in [3.63, 3.8) is 0 Å². The highest BCUT2D eigenvalue weighted by Crippen LogP contribution is 2.16. The molecule has 0 bridgehead atoms. The van der Waals surface area contributed by atoms with Crippen LogP contribution >= 0.6 is 0 Å². The molecule has 3 aromatic rings. The van der Waals surface area contributed by atoms with Crippen LogP contribution in [0.4, 0.5) is 5.69 Å². The summed E-state index contributed by atoms with van der Waals surface area (Å²) < 4.78 is 5.81. The molecule has 158 valence electrons. The summed E-state index contributed by atoms with van der Waals surface area (Å²) in [7, 11) is 0. The fourth-order valence-corrected chi connectivity index (χ4v) is 2.93. The van der Waals surface area contributed by atoms with Crippen molar-refractivity contribution in [1.29, 1.82) is 0 Å². The van der Waals surface area contributed by atoms with Gasteiger partial charge in [0.2, 0.25) is 0 Å². The third-order valence-corrected chi connectivity index (χ3v) is 4.77. The summed E-state index contributed by atoms with van der Waals surface area (Å²) >= 11 is 0. The maximum atomic E-state index is 12.1. The van der Waals surface area contributed by atoms with E-state index in [4.69, 9.17) is 4.74 Å². The molecule has 0 aliphatic rings. The average Bonchev–Trinajstić information content (AvgIpc) is 2.79. The Morgan fingerprint density at radius 2 is 1.58 bits per heavy atom. The molecule has 2 amide bonds. The van der Waals surface area contributed by atoms with Crippen molar-refractivity contribution in [1.82, 2.24) is 5.43 Å². The molecular formula is C25H25N3O3. The number of nitrogens with zero attached hydrogens (tertiary/aromatic N) is 1. The van der Waals surface area contributed by atoms with Gasteiger partial charge in [0.1, 0.15) is 12.4 Å². The van der Waals surface area contributed by atoms with Crippen LogP contribution in [0.25, 0.3) is 0 Å². The van der Waals surface area contributed by atoms with Crippen LogP contribution in [0.2, 0.25) is 0 Å². The largest absolute Gasteiger partial charge is 0.489 e. The van der Waals surface area contributed by atoms with E-state index < -0.39 is 11.8 Å². The first-order chi connectivity index (χ1) is 15.1. The summed E-state index contributed by atoms with van der Waals surface area (Å²) in [6, 6.07) is 22.7. The number of rotatable bonds is 7. The minimum Gasteiger partial charge on any atom is -0.489 e. The number of amides is 2. The lowest BCUT2D eigenvalue weighted by atomic mass is 10.1. The van der Waals surface area contributed by atoms with Gasteiger partial charge in [0.15, 0.2) is 0 Å². The number of hydrogen-bond donors (Lipinski definition) is 2. The SMILES string of the molecule is CCc1ccccc1NC(=O)C(=O)NN=Cc1ccc(OCc2ccccc2C)cc1. The standard InChI is InChI=1S/C25H25N3O3/c1-3-20-9-6-7-11-23(20)27-24(29)25(30)28-26-16-19-12-14-22(15-13-19)31-17-21-10-5-4-8-18(21)2/h4-16H,3,17H2,1-2H3,(H,27,29)(H,28,30). The molecular weight excluding hydrogens is 390 g/mol. The zero-order chi connectivity index (χ0) is 22.1. The van der Waals surface area contributed by atoms with Crippen LogP contribution in [0, 0.1) is 6.92 Å². The first-order valence-electron chi connectivity index (χ1n) is 10.1. The molecule has 0 saturated heterocycles. The number of para-hydroxylation sites is 1. The molecule has 0 aliphatic carbocycles. The lowest BCUT2D eigenvalue weighted by Gasteiger charge is -2.09. The van der Waals surface area contributed by atoms with Gasteiger partial charge < -0.3 is 10.1 Å². The Labute approximate surface area is 182 Å². The Balaban J connectivity index is 1.49. The summed E-state index contributed by atoms with van der Waals surface area (Å²) in [5, 5.41) is 6.46. The Morgan fingerprint density at radius 3 is 2.29 bits per heavy atom. The zero-order valence-corrected chi connectivity index (χ0v) is 17.6. The van der Waals surface area contributed by atoms with Gasteiger partial charge in [-0.05, 0) is 65.9 Å². The van der Waals surface area contributed by atoms with Gasteiger partial charge in [0, 0.05) is 5.69 Å². The quantitative estimate of drug-likeness (QED) is 0.344. The highest BCUT2D eigenvalue weighted by atomic mass is 16.5. The van der Waals surface area contributed by atoms with Gasteiger partial charge in [-0.1, -0.05) is 49.4 Å². The predicted molar refractivity (Wildman–Crippen MR) is 122 cm³/mol. The highest BCUT2D eigenvalue weighted by Gasteiger charge is 2.14. The number of anilines is 1. The van der Waals surface area contributed by atoms with Gasteiger partial charge in [0.25, 0.3) is 0 Å². The lowest BCUT2D eigenvalue weighted by Crippen LogP contribution is -2.32. The second-order valence-electron chi connectivity index (χ2n) is 6.95. The topological polar surface area (TPSA) is 79.8 Å². The van der Waals surface area contributed by atoms with Gasteiger partial charge in [-0.2, -0.15) is 5.10 Å². The molecule has 0 fully saturated rings. The van der Waals surface area contributed by atoms with E-state index in [2.05, 4.69) is 28.8 Å². The molecule has 2 N–H and O–H groups in total. The highest BCUT2D eigenvalue weighted by molar-refractivity contribution is 6.39. The van der Waals surface area contributed by atoms with E-state index in [1.54, 1.807) is 12.1 Å². The molecule has 3 rings (SSSR count). The van der Waals surface area contributed by atoms with E-state index in [1.807, 2.05) is 61.5 Å². The maximum Gasteiger partial charge on any atom is 0.329 e. The van der Waals surface area contributed by atoms with Gasteiger partial charge in [0.05, 0.1) is 6.21 Å². The molecule has 0 atom stereocenters. The number of hydrazone groups is 1. The zero-order valence-electron chi connectivity index (χ0n) is 17.6. The van der Waals surface area contributed by atoms with Crippen molar-refractivity contribution in [3.05, 3.63) is 95.1 Å². The summed E-state index contributed by atoms with van der Waals surface area (Å²) in [4.78, 5) is 24.0. The van der Waals surface area contributed by atoms with E-state index in [0.717, 1.165) is 28.9 Å². The normalized spacial score (nSPS) is 10.6. The molecule has 0 unspecified atom stereocenters. The summed E-state index contributed by atoms with van der Waals surface area (Å²) in [6.45, 7) is 4.52. The summed E-state index contributed by atoms with van der Waals surface area (Å²) in [5.41, 5.74) is 6.90. The van der Waals surface area contributed by atoms with Crippen LogP contribution in [0.1, 0.15) is 29.2 Å². The average molecular weight is 415 g/mol. The van der Waals surface area contributed by atoms with Crippen molar-refractivity contribution in [2.24, 2.45) is 5.10 Å². The van der Waals surface area contributed by atoms with E-state index in [9.17, 15) is 9.59 Å². The monoisotopic (exact) mass is 415 g/mol. The fraction of sp³-hybridized carbons (Fsp3) is 0.160.